The molecular formula is C27H36N6O3S. The van der Waals surface area contributed by atoms with Crippen LogP contribution in [-0.4, -0.2) is 51.1 Å². The first-order valence-electron chi connectivity index (χ1n) is 12.8. The molecule has 2 heterocycles. The van der Waals surface area contributed by atoms with Crippen molar-refractivity contribution in [3.8, 4) is 0 Å². The van der Waals surface area contributed by atoms with Crippen LogP contribution in [0, 0.1) is 5.92 Å². The topological polar surface area (TPSA) is 128 Å². The Hall–Kier alpha value is -3.24. The third-order valence-electron chi connectivity index (χ3n) is 6.32. The fraction of sp³-hybridized carbons (Fsp3) is 0.481. The van der Waals surface area contributed by atoms with Crippen molar-refractivity contribution in [3.63, 3.8) is 0 Å². The van der Waals surface area contributed by atoms with Gasteiger partial charge in [0.2, 0.25) is 5.91 Å². The highest BCUT2D eigenvalue weighted by atomic mass is 32.1. The summed E-state index contributed by atoms with van der Waals surface area (Å²) in [6, 6.07) is 7.95. The predicted molar refractivity (Wildman–Crippen MR) is 148 cm³/mol. The minimum atomic E-state index is -0.934. The first-order valence-corrected chi connectivity index (χ1v) is 13.6. The lowest BCUT2D eigenvalue weighted by Gasteiger charge is -2.29. The van der Waals surface area contributed by atoms with Crippen molar-refractivity contribution in [1.29, 1.82) is 0 Å². The summed E-state index contributed by atoms with van der Waals surface area (Å²) in [5.41, 5.74) is 3.95. The van der Waals surface area contributed by atoms with Crippen molar-refractivity contribution in [2.24, 2.45) is 5.92 Å². The molecule has 3 aromatic rings. The van der Waals surface area contributed by atoms with Crippen LogP contribution in [0.2, 0.25) is 0 Å². The van der Waals surface area contributed by atoms with Crippen molar-refractivity contribution in [2.45, 2.75) is 71.1 Å². The van der Waals surface area contributed by atoms with Crippen LogP contribution < -0.4 is 21.3 Å². The zero-order chi connectivity index (χ0) is 26.6. The molecule has 4 rings (SSSR count). The van der Waals surface area contributed by atoms with Gasteiger partial charge in [0.1, 0.15) is 5.82 Å². The molecule has 1 aromatic carbocycles. The average molecular weight is 525 g/mol. The number of pyridine rings is 1. The van der Waals surface area contributed by atoms with Crippen LogP contribution in [0.4, 0.5) is 17.2 Å². The lowest BCUT2D eigenvalue weighted by Crippen LogP contribution is -2.44. The zero-order valence-electron chi connectivity index (χ0n) is 21.8. The number of nitrogens with zero attached hydrogens (tertiary/aromatic N) is 2. The molecule has 1 aliphatic carbocycles. The Balaban J connectivity index is 1.38. The van der Waals surface area contributed by atoms with Crippen molar-refractivity contribution < 1.29 is 14.7 Å². The Morgan fingerprint density at radius 3 is 2.59 bits per heavy atom. The van der Waals surface area contributed by atoms with Crippen LogP contribution in [0.25, 0.3) is 10.2 Å². The van der Waals surface area contributed by atoms with Crippen LogP contribution in [0.1, 0.15) is 63.7 Å². The summed E-state index contributed by atoms with van der Waals surface area (Å²) >= 11 is 1.58. The molecule has 5 N–H and O–H groups in total. The molecule has 37 heavy (non-hydrogen) atoms. The molecule has 0 unspecified atom stereocenters. The summed E-state index contributed by atoms with van der Waals surface area (Å²) in [4.78, 5) is 34.4. The van der Waals surface area contributed by atoms with Gasteiger partial charge in [-0.2, -0.15) is 0 Å². The maximum Gasteiger partial charge on any atom is 0.255 e. The average Bonchev–Trinajstić information content (AvgIpc) is 3.30. The van der Waals surface area contributed by atoms with Crippen LogP contribution in [0.3, 0.4) is 0 Å². The van der Waals surface area contributed by atoms with Gasteiger partial charge in [-0.25, -0.2) is 9.97 Å². The predicted octanol–water partition coefficient (Wildman–Crippen LogP) is 4.43. The molecule has 0 aliphatic heterocycles. The fourth-order valence-electron chi connectivity index (χ4n) is 4.43. The Kier molecular flexibility index (Phi) is 8.29. The number of carbonyl (C=O) groups is 2. The summed E-state index contributed by atoms with van der Waals surface area (Å²) in [6.07, 6.45) is 4.46. The molecule has 1 aliphatic rings. The molecule has 0 spiro atoms. The lowest BCUT2D eigenvalue weighted by atomic mass is 9.85. The van der Waals surface area contributed by atoms with Crippen molar-refractivity contribution in [1.82, 2.24) is 20.6 Å². The van der Waals surface area contributed by atoms with Gasteiger partial charge in [0.15, 0.2) is 0 Å². The van der Waals surface area contributed by atoms with Gasteiger partial charge in [-0.3, -0.25) is 9.59 Å². The monoisotopic (exact) mass is 524 g/mol. The number of carbonyl (C=O) groups excluding carboxylic acids is 2. The molecule has 10 heteroatoms. The maximum absolute atomic E-state index is 13.2. The number of fused-ring (bicyclic) bond motifs is 1. The second-order valence-electron chi connectivity index (χ2n) is 10.6. The number of amides is 2. The third kappa shape index (κ3) is 7.39. The highest BCUT2D eigenvalue weighted by Crippen LogP contribution is 2.28. The molecule has 1 fully saturated rings. The normalized spacial score (nSPS) is 18.0. The zero-order valence-corrected chi connectivity index (χ0v) is 22.6. The van der Waals surface area contributed by atoms with Gasteiger partial charge in [-0.05, 0) is 71.6 Å². The molecule has 0 atom stereocenters. The summed E-state index contributed by atoms with van der Waals surface area (Å²) < 4.78 is 1.09. The summed E-state index contributed by atoms with van der Waals surface area (Å²) in [5, 5.41) is 22.5. The largest absolute Gasteiger partial charge is 0.389 e. The molecule has 0 bridgehead atoms. The van der Waals surface area contributed by atoms with Gasteiger partial charge in [-0.1, -0.05) is 0 Å². The van der Waals surface area contributed by atoms with Gasteiger partial charge in [0.05, 0.1) is 32.6 Å². The highest BCUT2D eigenvalue weighted by molar-refractivity contribution is 7.16. The number of aromatic nitrogens is 2. The number of anilines is 3. The van der Waals surface area contributed by atoms with E-state index in [1.54, 1.807) is 31.4 Å². The number of hydrogen-bond donors (Lipinski definition) is 5. The van der Waals surface area contributed by atoms with Gasteiger partial charge >= 0.3 is 0 Å². The van der Waals surface area contributed by atoms with E-state index in [9.17, 15) is 14.7 Å². The molecular weight excluding hydrogens is 488 g/mol. The van der Waals surface area contributed by atoms with Crippen LogP contribution in [0.15, 0.2) is 36.0 Å². The minimum Gasteiger partial charge on any atom is -0.389 e. The number of aliphatic hydroxyl groups is 1. The fourth-order valence-corrected chi connectivity index (χ4v) is 5.14. The molecule has 1 saturated carbocycles. The van der Waals surface area contributed by atoms with E-state index in [4.69, 9.17) is 0 Å². The van der Waals surface area contributed by atoms with Crippen molar-refractivity contribution in [3.05, 3.63) is 41.5 Å². The van der Waals surface area contributed by atoms with E-state index >= 15 is 0 Å². The van der Waals surface area contributed by atoms with Crippen LogP contribution >= 0.6 is 11.3 Å². The number of nitrogens with one attached hydrogen (secondary N) is 4. The standard InChI is InChI=1S/C27H36N6O3S/c1-16(2)31-22-12-24(32-19-9-10-21-23(11-19)37-15-30-21)28-13-20(22)26(35)33-18-7-5-17(6-8-18)25(34)29-14-27(3,4)36/h9-13,15-18,36H,5-8,14H2,1-4H3,(H,29,34)(H,33,35)(H2,28,31,32). The maximum atomic E-state index is 13.2. The third-order valence-corrected chi connectivity index (χ3v) is 7.12. The smallest absolute Gasteiger partial charge is 0.255 e. The Labute approximate surface area is 221 Å². The number of benzene rings is 1. The minimum absolute atomic E-state index is 0.00154. The quantitative estimate of drug-likeness (QED) is 0.280. The lowest BCUT2D eigenvalue weighted by molar-refractivity contribution is -0.127. The highest BCUT2D eigenvalue weighted by Gasteiger charge is 2.28. The van der Waals surface area contributed by atoms with Crippen LogP contribution in [0.5, 0.6) is 0 Å². The Morgan fingerprint density at radius 1 is 1.14 bits per heavy atom. The number of hydrogen-bond acceptors (Lipinski definition) is 8. The van der Waals surface area contributed by atoms with Crippen molar-refractivity contribution >= 4 is 50.6 Å². The molecule has 0 saturated heterocycles. The Bertz CT molecular complexity index is 1240. The molecule has 2 amide bonds. The molecule has 0 radical (unpaired) electrons. The van der Waals surface area contributed by atoms with Gasteiger partial charge in [0.25, 0.3) is 5.91 Å². The van der Waals surface area contributed by atoms with E-state index < -0.39 is 5.60 Å². The number of thiazole rings is 1. The summed E-state index contributed by atoms with van der Waals surface area (Å²) in [7, 11) is 0. The summed E-state index contributed by atoms with van der Waals surface area (Å²) in [6.45, 7) is 7.61. The molecule has 2 aromatic heterocycles. The van der Waals surface area contributed by atoms with E-state index in [0.717, 1.165) is 28.7 Å². The van der Waals surface area contributed by atoms with Gasteiger partial charge < -0.3 is 26.4 Å². The molecule has 198 valence electrons. The van der Waals surface area contributed by atoms with E-state index in [2.05, 4.69) is 31.2 Å². The first kappa shape index (κ1) is 26.8. The van der Waals surface area contributed by atoms with Gasteiger partial charge in [0, 0.05) is 42.5 Å². The number of rotatable bonds is 9. The first-order chi connectivity index (χ1) is 17.6. The molecule has 9 nitrogen and oxygen atoms in total. The van der Waals surface area contributed by atoms with E-state index in [0.29, 0.717) is 29.9 Å². The second kappa shape index (κ2) is 11.4. The van der Waals surface area contributed by atoms with Gasteiger partial charge in [-0.15, -0.1) is 11.3 Å². The van der Waals surface area contributed by atoms with E-state index in [1.807, 2.05) is 43.6 Å². The van der Waals surface area contributed by atoms with E-state index in [-0.39, 0.29) is 36.4 Å². The summed E-state index contributed by atoms with van der Waals surface area (Å²) in [5.74, 6) is 0.339. The second-order valence-corrected chi connectivity index (χ2v) is 11.5. The van der Waals surface area contributed by atoms with Crippen molar-refractivity contribution in [2.75, 3.05) is 17.2 Å². The SMILES string of the molecule is CC(C)Nc1cc(Nc2ccc3ncsc3c2)ncc1C(=O)NC1CCC(C(=O)NCC(C)(C)O)CC1. The van der Waals surface area contributed by atoms with Crippen LogP contribution in [-0.2, 0) is 4.79 Å². The Morgan fingerprint density at radius 2 is 1.89 bits per heavy atom. The van der Waals surface area contributed by atoms with E-state index in [1.165, 1.54) is 0 Å².